The summed E-state index contributed by atoms with van der Waals surface area (Å²) in [7, 11) is 1.86. The van der Waals surface area contributed by atoms with Crippen LogP contribution in [-0.4, -0.2) is 27.4 Å². The lowest BCUT2D eigenvalue weighted by Crippen LogP contribution is -2.30. The second-order valence-electron chi connectivity index (χ2n) is 7.50. The van der Waals surface area contributed by atoms with Gasteiger partial charge in [0.05, 0.1) is 11.0 Å². The number of nitrogens with zero attached hydrogens (tertiary/aromatic N) is 3. The maximum absolute atomic E-state index is 13.0. The van der Waals surface area contributed by atoms with Gasteiger partial charge in [-0.25, -0.2) is 4.98 Å². The first-order chi connectivity index (χ1) is 14.1. The molecule has 0 unspecified atom stereocenters. The third-order valence-electron chi connectivity index (χ3n) is 5.16. The van der Waals surface area contributed by atoms with E-state index in [0.717, 1.165) is 22.4 Å². The van der Waals surface area contributed by atoms with Gasteiger partial charge < -0.3 is 9.47 Å². The second kappa shape index (κ2) is 8.31. The Balaban J connectivity index is 1.60. The highest BCUT2D eigenvalue weighted by atomic mass is 16.2. The van der Waals surface area contributed by atoms with Crippen molar-refractivity contribution in [3.8, 4) is 0 Å². The molecule has 4 aromatic rings. The van der Waals surface area contributed by atoms with E-state index in [0.29, 0.717) is 13.0 Å². The molecule has 0 aliphatic rings. The topological polar surface area (TPSA) is 38.1 Å². The molecule has 4 rings (SSSR count). The van der Waals surface area contributed by atoms with Crippen LogP contribution in [0.3, 0.4) is 0 Å². The average Bonchev–Trinajstić information content (AvgIpc) is 3.06. The van der Waals surface area contributed by atoms with Gasteiger partial charge in [0.2, 0.25) is 5.91 Å². The Labute approximate surface area is 171 Å². The smallest absolute Gasteiger partial charge is 0.242 e. The van der Waals surface area contributed by atoms with Gasteiger partial charge in [-0.1, -0.05) is 72.3 Å². The van der Waals surface area contributed by atoms with Crippen LogP contribution in [0.1, 0.15) is 22.5 Å². The van der Waals surface area contributed by atoms with E-state index in [2.05, 4.69) is 35.8 Å². The fourth-order valence-electron chi connectivity index (χ4n) is 3.64. The highest BCUT2D eigenvalue weighted by Gasteiger charge is 2.16. The highest BCUT2D eigenvalue weighted by Crippen LogP contribution is 2.19. The van der Waals surface area contributed by atoms with E-state index >= 15 is 0 Å². The molecule has 0 aliphatic heterocycles. The van der Waals surface area contributed by atoms with Gasteiger partial charge >= 0.3 is 0 Å². The van der Waals surface area contributed by atoms with E-state index in [1.54, 1.807) is 4.90 Å². The number of para-hydroxylation sites is 2. The van der Waals surface area contributed by atoms with Crippen LogP contribution < -0.4 is 0 Å². The molecule has 0 N–H and O–H groups in total. The van der Waals surface area contributed by atoms with Gasteiger partial charge in [-0.2, -0.15) is 0 Å². The van der Waals surface area contributed by atoms with E-state index < -0.39 is 0 Å². The number of hydrogen-bond acceptors (Lipinski definition) is 2. The SMILES string of the molecule is Cc1cccc(Cc2nc3ccccc3n2CC(=O)N(C)Cc2ccccc2)c1. The Morgan fingerprint density at radius 3 is 2.45 bits per heavy atom. The van der Waals surface area contributed by atoms with Gasteiger partial charge in [0.1, 0.15) is 12.4 Å². The number of imidazole rings is 1. The van der Waals surface area contributed by atoms with E-state index in [9.17, 15) is 4.79 Å². The zero-order valence-corrected chi connectivity index (χ0v) is 16.9. The minimum absolute atomic E-state index is 0.0718. The van der Waals surface area contributed by atoms with Crippen molar-refractivity contribution in [3.05, 3.63) is 101 Å². The maximum atomic E-state index is 13.0. The van der Waals surface area contributed by atoms with Gasteiger partial charge in [-0.3, -0.25) is 4.79 Å². The molecule has 0 saturated carbocycles. The van der Waals surface area contributed by atoms with Crippen molar-refractivity contribution in [2.45, 2.75) is 26.4 Å². The van der Waals surface area contributed by atoms with Crippen molar-refractivity contribution in [2.75, 3.05) is 7.05 Å². The first kappa shape index (κ1) is 18.9. The molecule has 29 heavy (non-hydrogen) atoms. The van der Waals surface area contributed by atoms with Gasteiger partial charge in [-0.15, -0.1) is 0 Å². The summed E-state index contributed by atoms with van der Waals surface area (Å²) >= 11 is 0. The first-order valence-corrected chi connectivity index (χ1v) is 9.88. The third kappa shape index (κ3) is 4.37. The summed E-state index contributed by atoms with van der Waals surface area (Å²) in [6.07, 6.45) is 0.700. The molecule has 1 aromatic heterocycles. The Kier molecular flexibility index (Phi) is 5.43. The zero-order valence-electron chi connectivity index (χ0n) is 16.9. The lowest BCUT2D eigenvalue weighted by molar-refractivity contribution is -0.131. The van der Waals surface area contributed by atoms with Gasteiger partial charge in [0.25, 0.3) is 0 Å². The van der Waals surface area contributed by atoms with Crippen LogP contribution in [0, 0.1) is 6.92 Å². The Morgan fingerprint density at radius 1 is 0.931 bits per heavy atom. The number of rotatable bonds is 6. The number of hydrogen-bond donors (Lipinski definition) is 0. The minimum Gasteiger partial charge on any atom is -0.340 e. The van der Waals surface area contributed by atoms with Crippen LogP contribution in [0.25, 0.3) is 11.0 Å². The summed E-state index contributed by atoms with van der Waals surface area (Å²) in [5, 5.41) is 0. The average molecular weight is 383 g/mol. The van der Waals surface area contributed by atoms with Gasteiger partial charge in [0.15, 0.2) is 0 Å². The van der Waals surface area contributed by atoms with E-state index in [1.165, 1.54) is 11.1 Å². The van der Waals surface area contributed by atoms with Crippen molar-refractivity contribution in [1.82, 2.24) is 14.5 Å². The fraction of sp³-hybridized carbons (Fsp3) is 0.200. The number of likely N-dealkylation sites (N-methyl/N-ethyl adjacent to an activating group) is 1. The largest absolute Gasteiger partial charge is 0.340 e. The standard InChI is InChI=1S/C25H25N3O/c1-19-9-8-12-21(15-19)16-24-26-22-13-6-7-14-23(22)28(24)18-25(29)27(2)17-20-10-4-3-5-11-20/h3-15H,16-18H2,1-2H3. The summed E-state index contributed by atoms with van der Waals surface area (Å²) in [5.74, 6) is 0.987. The number of carbonyl (C=O) groups excluding carboxylic acids is 1. The van der Waals surface area contributed by atoms with Crippen molar-refractivity contribution in [1.29, 1.82) is 0 Å². The molecule has 0 fully saturated rings. The molecule has 146 valence electrons. The third-order valence-corrected chi connectivity index (χ3v) is 5.16. The van der Waals surface area contributed by atoms with Crippen LogP contribution in [0.5, 0.6) is 0 Å². The summed E-state index contributed by atoms with van der Waals surface area (Å²) in [4.78, 5) is 19.6. The molecule has 0 radical (unpaired) electrons. The molecule has 4 heteroatoms. The molecule has 0 saturated heterocycles. The quantitative estimate of drug-likeness (QED) is 0.488. The number of carbonyl (C=O) groups is 1. The summed E-state index contributed by atoms with van der Waals surface area (Å²) in [6.45, 7) is 2.97. The van der Waals surface area contributed by atoms with E-state index in [4.69, 9.17) is 4.98 Å². The van der Waals surface area contributed by atoms with Crippen LogP contribution in [-0.2, 0) is 24.3 Å². The molecular weight excluding hydrogens is 358 g/mol. The number of fused-ring (bicyclic) bond motifs is 1. The molecule has 1 heterocycles. The number of aryl methyl sites for hydroxylation is 1. The lowest BCUT2D eigenvalue weighted by atomic mass is 10.1. The van der Waals surface area contributed by atoms with Crippen LogP contribution in [0.4, 0.5) is 0 Å². The Bertz CT molecular complexity index is 1130. The molecule has 0 aliphatic carbocycles. The Morgan fingerprint density at radius 2 is 1.66 bits per heavy atom. The lowest BCUT2D eigenvalue weighted by Gasteiger charge is -2.19. The van der Waals surface area contributed by atoms with Crippen molar-refractivity contribution < 1.29 is 4.79 Å². The van der Waals surface area contributed by atoms with Crippen LogP contribution in [0.2, 0.25) is 0 Å². The Hall–Kier alpha value is -3.40. The molecule has 3 aromatic carbocycles. The molecule has 4 nitrogen and oxygen atoms in total. The van der Waals surface area contributed by atoms with E-state index in [1.807, 2.05) is 61.6 Å². The van der Waals surface area contributed by atoms with Crippen LogP contribution in [0.15, 0.2) is 78.9 Å². The van der Waals surface area contributed by atoms with Crippen LogP contribution >= 0.6 is 0 Å². The zero-order chi connectivity index (χ0) is 20.2. The normalized spacial score (nSPS) is 11.0. The van der Waals surface area contributed by atoms with Gasteiger partial charge in [-0.05, 0) is 30.2 Å². The molecule has 0 spiro atoms. The predicted octanol–water partition coefficient (Wildman–Crippen LogP) is 4.59. The highest BCUT2D eigenvalue weighted by molar-refractivity contribution is 5.81. The number of amides is 1. The maximum Gasteiger partial charge on any atom is 0.242 e. The predicted molar refractivity (Wildman–Crippen MR) is 117 cm³/mol. The van der Waals surface area contributed by atoms with Crippen molar-refractivity contribution >= 4 is 16.9 Å². The summed E-state index contributed by atoms with van der Waals surface area (Å²) in [5.41, 5.74) is 5.47. The van der Waals surface area contributed by atoms with Gasteiger partial charge in [0, 0.05) is 20.0 Å². The molecular formula is C25H25N3O. The first-order valence-electron chi connectivity index (χ1n) is 9.88. The number of aromatic nitrogens is 2. The molecule has 0 atom stereocenters. The monoisotopic (exact) mass is 383 g/mol. The van der Waals surface area contributed by atoms with E-state index in [-0.39, 0.29) is 12.5 Å². The van der Waals surface area contributed by atoms with Crippen molar-refractivity contribution in [2.24, 2.45) is 0 Å². The number of benzene rings is 3. The molecule has 1 amide bonds. The summed E-state index contributed by atoms with van der Waals surface area (Å²) < 4.78 is 2.06. The molecule has 0 bridgehead atoms. The summed E-state index contributed by atoms with van der Waals surface area (Å²) in [6, 6.07) is 26.5. The second-order valence-corrected chi connectivity index (χ2v) is 7.50. The minimum atomic E-state index is 0.0718. The fourth-order valence-corrected chi connectivity index (χ4v) is 3.64. The van der Waals surface area contributed by atoms with Crippen molar-refractivity contribution in [3.63, 3.8) is 0 Å².